The fourth-order valence-corrected chi connectivity index (χ4v) is 0.451. The Kier molecular flexibility index (Phi) is 5.15. The van der Waals surface area contributed by atoms with E-state index in [4.69, 9.17) is 0 Å². The molecule has 0 spiro atoms. The van der Waals surface area contributed by atoms with E-state index in [0.29, 0.717) is 6.61 Å². The minimum atomic E-state index is -0.488. The second kappa shape index (κ2) is 5.70. The van der Waals surface area contributed by atoms with E-state index in [1.165, 1.54) is 7.11 Å². The molecule has 0 aliphatic heterocycles. The summed E-state index contributed by atoms with van der Waals surface area (Å²) in [5.74, 6) is -0.934. The molecule has 0 aliphatic carbocycles. The molecule has 0 unspecified atom stereocenters. The molecule has 0 aromatic heterocycles. The van der Waals surface area contributed by atoms with Crippen LogP contribution in [0.5, 0.6) is 0 Å². The van der Waals surface area contributed by atoms with Crippen molar-refractivity contribution in [2.45, 2.75) is 13.3 Å². The lowest BCUT2D eigenvalue weighted by Gasteiger charge is -1.99. The van der Waals surface area contributed by atoms with Gasteiger partial charge in [0.1, 0.15) is 0 Å². The monoisotopic (exact) mass is 159 g/mol. The van der Waals surface area contributed by atoms with E-state index in [1.54, 1.807) is 6.92 Å². The minimum absolute atomic E-state index is 0.0324. The van der Waals surface area contributed by atoms with Gasteiger partial charge in [0.2, 0.25) is 0 Å². The Morgan fingerprint density at radius 1 is 1.45 bits per heavy atom. The molecule has 0 fully saturated rings. The van der Waals surface area contributed by atoms with Gasteiger partial charge in [0.15, 0.2) is 0 Å². The van der Waals surface area contributed by atoms with Crippen molar-refractivity contribution in [3.8, 4) is 0 Å². The summed E-state index contributed by atoms with van der Waals surface area (Å²) in [6.45, 7) is 2.01. The molecular formula is C7H11O4. The molecule has 0 saturated heterocycles. The number of hydrogen-bond donors (Lipinski definition) is 0. The van der Waals surface area contributed by atoms with E-state index in [-0.39, 0.29) is 6.42 Å². The molecule has 4 nitrogen and oxygen atoms in total. The third-order valence-corrected chi connectivity index (χ3v) is 0.950. The number of rotatable bonds is 4. The Labute approximate surface area is 65.5 Å². The van der Waals surface area contributed by atoms with Crippen molar-refractivity contribution in [1.29, 1.82) is 0 Å². The average Bonchev–Trinajstić information content (AvgIpc) is 2.01. The largest absolute Gasteiger partial charge is 0.469 e. The van der Waals surface area contributed by atoms with Crippen molar-refractivity contribution in [3.63, 3.8) is 0 Å². The van der Waals surface area contributed by atoms with Gasteiger partial charge >= 0.3 is 11.9 Å². The van der Waals surface area contributed by atoms with Gasteiger partial charge in [0, 0.05) is 0 Å². The Balaban J connectivity index is 3.38. The minimum Gasteiger partial charge on any atom is -0.469 e. The van der Waals surface area contributed by atoms with Crippen molar-refractivity contribution >= 4 is 11.9 Å². The van der Waals surface area contributed by atoms with Gasteiger partial charge in [-0.3, -0.25) is 9.59 Å². The number of ether oxygens (including phenoxy) is 2. The molecule has 0 rings (SSSR count). The van der Waals surface area contributed by atoms with E-state index in [2.05, 4.69) is 9.47 Å². The van der Waals surface area contributed by atoms with E-state index >= 15 is 0 Å². The maximum Gasteiger partial charge on any atom is 0.310 e. The predicted octanol–water partition coefficient (Wildman–Crippen LogP) is 0.317. The third kappa shape index (κ3) is 5.39. The summed E-state index contributed by atoms with van der Waals surface area (Å²) in [4.78, 5) is 21.0. The summed E-state index contributed by atoms with van der Waals surface area (Å²) in [6, 6.07) is 0. The van der Waals surface area contributed by atoms with Crippen molar-refractivity contribution in [2.24, 2.45) is 0 Å². The number of hydrogen-bond acceptors (Lipinski definition) is 4. The van der Waals surface area contributed by atoms with Crippen molar-refractivity contribution < 1.29 is 19.1 Å². The fraction of sp³-hybridized carbons (Fsp3) is 0.571. The van der Waals surface area contributed by atoms with Crippen LogP contribution >= 0.6 is 0 Å². The van der Waals surface area contributed by atoms with Crippen LogP contribution in [0, 0.1) is 6.42 Å². The summed E-state index contributed by atoms with van der Waals surface area (Å²) >= 11 is 0. The number of esters is 2. The quantitative estimate of drug-likeness (QED) is 0.554. The first-order chi connectivity index (χ1) is 5.20. The zero-order valence-electron chi connectivity index (χ0n) is 6.62. The third-order valence-electron chi connectivity index (χ3n) is 0.950. The van der Waals surface area contributed by atoms with Crippen LogP contribution in [-0.4, -0.2) is 25.7 Å². The molecule has 0 saturated carbocycles. The Bertz CT molecular complexity index is 141. The van der Waals surface area contributed by atoms with Gasteiger partial charge in [-0.05, 0) is 6.92 Å². The zero-order valence-corrected chi connectivity index (χ0v) is 6.62. The van der Waals surface area contributed by atoms with E-state index in [1.807, 2.05) is 0 Å². The van der Waals surface area contributed by atoms with Gasteiger partial charge < -0.3 is 9.47 Å². The second-order valence-electron chi connectivity index (χ2n) is 1.74. The van der Waals surface area contributed by atoms with Gasteiger partial charge in [0.25, 0.3) is 0 Å². The molecule has 0 aromatic carbocycles. The Morgan fingerprint density at radius 2 is 2.09 bits per heavy atom. The molecule has 0 aliphatic rings. The molecule has 0 heterocycles. The van der Waals surface area contributed by atoms with Crippen molar-refractivity contribution in [1.82, 2.24) is 0 Å². The smallest absolute Gasteiger partial charge is 0.310 e. The predicted molar refractivity (Wildman–Crippen MR) is 37.6 cm³/mol. The highest BCUT2D eigenvalue weighted by Gasteiger charge is 2.06. The molecule has 0 bridgehead atoms. The molecular weight excluding hydrogens is 148 g/mol. The summed E-state index contributed by atoms with van der Waals surface area (Å²) in [5.41, 5.74) is 0. The van der Waals surface area contributed by atoms with E-state index in [9.17, 15) is 9.59 Å². The van der Waals surface area contributed by atoms with Crippen LogP contribution in [0.4, 0.5) is 0 Å². The Morgan fingerprint density at radius 3 is 2.55 bits per heavy atom. The van der Waals surface area contributed by atoms with Crippen LogP contribution < -0.4 is 0 Å². The van der Waals surface area contributed by atoms with Gasteiger partial charge in [0.05, 0.1) is 26.6 Å². The number of carbonyl (C=O) groups excluding carboxylic acids is 2. The van der Waals surface area contributed by atoms with Gasteiger partial charge in [-0.1, -0.05) is 0 Å². The van der Waals surface area contributed by atoms with Crippen molar-refractivity contribution in [3.05, 3.63) is 6.42 Å². The second-order valence-corrected chi connectivity index (χ2v) is 1.74. The highest BCUT2D eigenvalue weighted by atomic mass is 16.5. The molecule has 11 heavy (non-hydrogen) atoms. The fourth-order valence-electron chi connectivity index (χ4n) is 0.451. The number of carbonyl (C=O) groups is 2. The zero-order chi connectivity index (χ0) is 8.69. The summed E-state index contributed by atoms with van der Waals surface area (Å²) in [6.07, 6.45) is 1.12. The number of methoxy groups -OCH3 is 1. The topological polar surface area (TPSA) is 52.6 Å². The molecule has 4 heteroatoms. The van der Waals surface area contributed by atoms with Crippen LogP contribution in [0.15, 0.2) is 0 Å². The summed E-state index contributed by atoms with van der Waals surface area (Å²) in [5, 5.41) is 0. The maximum absolute atomic E-state index is 10.6. The van der Waals surface area contributed by atoms with Crippen LogP contribution in [0.1, 0.15) is 13.3 Å². The lowest BCUT2D eigenvalue weighted by atomic mass is 10.3. The molecule has 0 amide bonds. The molecule has 0 atom stereocenters. The van der Waals surface area contributed by atoms with Gasteiger partial charge in [-0.2, -0.15) is 0 Å². The summed E-state index contributed by atoms with van der Waals surface area (Å²) < 4.78 is 8.84. The van der Waals surface area contributed by atoms with Crippen LogP contribution in [0.3, 0.4) is 0 Å². The molecule has 1 radical (unpaired) electrons. The normalized spacial score (nSPS) is 8.91. The summed E-state index contributed by atoms with van der Waals surface area (Å²) in [7, 11) is 1.27. The van der Waals surface area contributed by atoms with Crippen LogP contribution in [0.25, 0.3) is 0 Å². The molecule has 63 valence electrons. The van der Waals surface area contributed by atoms with Gasteiger partial charge in [-0.25, -0.2) is 0 Å². The first-order valence-corrected chi connectivity index (χ1v) is 3.27. The van der Waals surface area contributed by atoms with Crippen molar-refractivity contribution in [2.75, 3.05) is 13.7 Å². The first kappa shape index (κ1) is 9.94. The van der Waals surface area contributed by atoms with Crippen LogP contribution in [-0.2, 0) is 19.1 Å². The average molecular weight is 159 g/mol. The Hall–Kier alpha value is -1.06. The van der Waals surface area contributed by atoms with Crippen LogP contribution in [0.2, 0.25) is 0 Å². The lowest BCUT2D eigenvalue weighted by Crippen LogP contribution is -2.09. The molecule has 0 aromatic rings. The standard InChI is InChI=1S/C7H11O4/c1-3-11-7(9)5-4-6(8)10-2/h5H,3-4H2,1-2H3. The van der Waals surface area contributed by atoms with E-state index < -0.39 is 11.9 Å². The highest BCUT2D eigenvalue weighted by molar-refractivity contribution is 5.85. The maximum atomic E-state index is 10.6. The van der Waals surface area contributed by atoms with Gasteiger partial charge in [-0.15, -0.1) is 0 Å². The SMILES string of the molecule is CCOC(=O)[CH]CC(=O)OC. The highest BCUT2D eigenvalue weighted by Crippen LogP contribution is 1.92. The van der Waals surface area contributed by atoms with E-state index in [0.717, 1.165) is 6.42 Å². The lowest BCUT2D eigenvalue weighted by molar-refractivity contribution is -0.144. The molecule has 0 N–H and O–H groups in total. The first-order valence-electron chi connectivity index (χ1n) is 3.27.